The molecule has 0 bridgehead atoms. The number of hydrogen-bond donors (Lipinski definition) is 0. The molecule has 2 fully saturated rings. The molecule has 146 valence electrons. The van der Waals surface area contributed by atoms with Gasteiger partial charge in [-0.15, -0.1) is 0 Å². The van der Waals surface area contributed by atoms with Crippen molar-refractivity contribution in [3.63, 3.8) is 0 Å². The van der Waals surface area contributed by atoms with Crippen LogP contribution in [0, 0.1) is 11.7 Å². The summed E-state index contributed by atoms with van der Waals surface area (Å²) >= 11 is 3.12. The van der Waals surface area contributed by atoms with Gasteiger partial charge < -0.3 is 9.47 Å². The SMILES string of the molecule is CC(C)(C)OC(=O)N1[C@@H]2C[C@@H]2C[C@H]1C(=O)OCC(=O)c1ccc(Br)cc1F. The van der Waals surface area contributed by atoms with Gasteiger partial charge in [0.05, 0.1) is 5.56 Å². The summed E-state index contributed by atoms with van der Waals surface area (Å²) in [7, 11) is 0. The number of carbonyl (C=O) groups is 3. The van der Waals surface area contributed by atoms with Crippen LogP contribution >= 0.6 is 15.9 Å². The maximum Gasteiger partial charge on any atom is 0.411 e. The van der Waals surface area contributed by atoms with Gasteiger partial charge in [0.2, 0.25) is 5.78 Å². The number of carbonyl (C=O) groups excluding carboxylic acids is 3. The molecule has 27 heavy (non-hydrogen) atoms. The molecule has 1 heterocycles. The van der Waals surface area contributed by atoms with Gasteiger partial charge in [-0.3, -0.25) is 9.69 Å². The predicted octanol–water partition coefficient (Wildman–Crippen LogP) is 3.71. The summed E-state index contributed by atoms with van der Waals surface area (Å²) in [5.74, 6) is -1.74. The van der Waals surface area contributed by atoms with E-state index in [1.165, 1.54) is 23.1 Å². The van der Waals surface area contributed by atoms with Crippen LogP contribution in [0.2, 0.25) is 0 Å². The number of hydrogen-bond acceptors (Lipinski definition) is 5. The largest absolute Gasteiger partial charge is 0.456 e. The average Bonchev–Trinajstić information content (AvgIpc) is 3.20. The van der Waals surface area contributed by atoms with E-state index < -0.39 is 41.9 Å². The lowest BCUT2D eigenvalue weighted by molar-refractivity contribution is -0.148. The number of esters is 1. The Hall–Kier alpha value is -1.96. The van der Waals surface area contributed by atoms with Crippen molar-refractivity contribution in [3.05, 3.63) is 34.1 Å². The first kappa shape index (κ1) is 19.8. The fourth-order valence-electron chi connectivity index (χ4n) is 3.27. The third kappa shape index (κ3) is 4.48. The molecule has 0 aromatic heterocycles. The van der Waals surface area contributed by atoms with Gasteiger partial charge in [-0.1, -0.05) is 15.9 Å². The highest BCUT2D eigenvalue weighted by Crippen LogP contribution is 2.48. The van der Waals surface area contributed by atoms with Gasteiger partial charge in [0, 0.05) is 10.5 Å². The smallest absolute Gasteiger partial charge is 0.411 e. The number of Topliss-reactive ketones (excluding diaryl/α,β-unsaturated/α-hetero) is 1. The lowest BCUT2D eigenvalue weighted by Crippen LogP contribution is -2.46. The van der Waals surface area contributed by atoms with Gasteiger partial charge in [0.1, 0.15) is 17.5 Å². The molecule has 1 aromatic carbocycles. The Bertz CT molecular complexity index is 791. The van der Waals surface area contributed by atoms with Crippen molar-refractivity contribution in [1.29, 1.82) is 0 Å². The number of nitrogens with zero attached hydrogens (tertiary/aromatic N) is 1. The molecule has 2 aliphatic rings. The van der Waals surface area contributed by atoms with Crippen LogP contribution in [0.15, 0.2) is 22.7 Å². The number of rotatable bonds is 4. The van der Waals surface area contributed by atoms with E-state index in [2.05, 4.69) is 15.9 Å². The third-order valence-electron chi connectivity index (χ3n) is 4.56. The predicted molar refractivity (Wildman–Crippen MR) is 97.8 cm³/mol. The minimum Gasteiger partial charge on any atom is -0.456 e. The summed E-state index contributed by atoms with van der Waals surface area (Å²) in [6.45, 7) is 4.68. The zero-order valence-corrected chi connectivity index (χ0v) is 16.9. The van der Waals surface area contributed by atoms with E-state index in [1.807, 2.05) is 0 Å². The minimum absolute atomic E-state index is 0.0166. The number of amides is 1. The molecule has 3 atom stereocenters. The van der Waals surface area contributed by atoms with Gasteiger partial charge in [0.15, 0.2) is 6.61 Å². The molecular formula is C19H21BrFNO5. The summed E-state index contributed by atoms with van der Waals surface area (Å²) in [5, 5.41) is 0. The molecule has 1 saturated carbocycles. The molecule has 0 spiro atoms. The molecule has 1 aliphatic heterocycles. The van der Waals surface area contributed by atoms with Gasteiger partial charge in [-0.2, -0.15) is 0 Å². The summed E-state index contributed by atoms with van der Waals surface area (Å²) in [5.41, 5.74) is -0.822. The normalized spacial score (nSPS) is 23.6. The lowest BCUT2D eigenvalue weighted by Gasteiger charge is -2.29. The number of ketones is 1. The van der Waals surface area contributed by atoms with Crippen LogP contribution in [0.1, 0.15) is 44.0 Å². The molecule has 0 N–H and O–H groups in total. The van der Waals surface area contributed by atoms with Crippen LogP contribution in [0.3, 0.4) is 0 Å². The summed E-state index contributed by atoms with van der Waals surface area (Å²) in [6, 6.07) is 3.24. The fourth-order valence-corrected chi connectivity index (χ4v) is 3.60. The maximum absolute atomic E-state index is 13.8. The second-order valence-electron chi connectivity index (χ2n) is 7.86. The van der Waals surface area contributed by atoms with Crippen LogP contribution in [-0.2, 0) is 14.3 Å². The molecular weight excluding hydrogens is 421 g/mol. The highest BCUT2D eigenvalue weighted by Gasteiger charge is 2.57. The van der Waals surface area contributed by atoms with Crippen molar-refractivity contribution >= 4 is 33.8 Å². The topological polar surface area (TPSA) is 72.9 Å². The Balaban J connectivity index is 1.61. The molecule has 8 heteroatoms. The number of piperidine rings is 1. The number of ether oxygens (including phenoxy) is 2. The van der Waals surface area contributed by atoms with E-state index in [9.17, 15) is 18.8 Å². The van der Waals surface area contributed by atoms with Gasteiger partial charge >= 0.3 is 12.1 Å². The van der Waals surface area contributed by atoms with E-state index in [1.54, 1.807) is 20.8 Å². The van der Waals surface area contributed by atoms with E-state index >= 15 is 0 Å². The lowest BCUT2D eigenvalue weighted by atomic mass is 10.1. The second-order valence-corrected chi connectivity index (χ2v) is 8.77. The quantitative estimate of drug-likeness (QED) is 0.525. The molecule has 0 unspecified atom stereocenters. The summed E-state index contributed by atoms with van der Waals surface area (Å²) in [6.07, 6.45) is 0.773. The standard InChI is InChI=1S/C19H21BrFNO5/c1-19(2,3)27-18(25)22-14-6-10(14)7-15(22)17(24)26-9-16(23)12-5-4-11(20)8-13(12)21/h4-5,8,10,14-15H,6-7,9H2,1-3H3/t10-,14-,15+/m1/s1. The molecule has 3 rings (SSSR count). The minimum atomic E-state index is -0.772. The van der Waals surface area contributed by atoms with Crippen LogP contribution in [0.4, 0.5) is 9.18 Å². The number of fused-ring (bicyclic) bond motifs is 1. The molecule has 1 amide bonds. The monoisotopic (exact) mass is 441 g/mol. The zero-order chi connectivity index (χ0) is 19.9. The highest BCUT2D eigenvalue weighted by atomic mass is 79.9. The maximum atomic E-state index is 13.8. The van der Waals surface area contributed by atoms with Gasteiger partial charge in [-0.05, 0) is 57.7 Å². The molecule has 1 saturated heterocycles. The Morgan fingerprint density at radius 1 is 1.26 bits per heavy atom. The van der Waals surface area contributed by atoms with Gasteiger partial charge in [-0.25, -0.2) is 14.0 Å². The third-order valence-corrected chi connectivity index (χ3v) is 5.05. The van der Waals surface area contributed by atoms with Crippen molar-refractivity contribution in [2.45, 2.75) is 51.3 Å². The van der Waals surface area contributed by atoms with Crippen molar-refractivity contribution < 1.29 is 28.2 Å². The molecule has 6 nitrogen and oxygen atoms in total. The zero-order valence-electron chi connectivity index (χ0n) is 15.3. The van der Waals surface area contributed by atoms with Gasteiger partial charge in [0.25, 0.3) is 0 Å². The van der Waals surface area contributed by atoms with Crippen molar-refractivity contribution in [1.82, 2.24) is 4.90 Å². The summed E-state index contributed by atoms with van der Waals surface area (Å²) < 4.78 is 24.8. The number of halogens is 2. The Kier molecular flexibility index (Phi) is 5.29. The fraction of sp³-hybridized carbons (Fsp3) is 0.526. The second kappa shape index (κ2) is 7.22. The van der Waals surface area contributed by atoms with Crippen molar-refractivity contribution in [3.8, 4) is 0 Å². The Labute approximate surface area is 165 Å². The van der Waals surface area contributed by atoms with Crippen molar-refractivity contribution in [2.24, 2.45) is 5.92 Å². The first-order valence-electron chi connectivity index (χ1n) is 8.73. The van der Waals surface area contributed by atoms with E-state index in [0.29, 0.717) is 10.9 Å². The first-order valence-corrected chi connectivity index (χ1v) is 9.52. The van der Waals surface area contributed by atoms with Crippen LogP contribution in [0.25, 0.3) is 0 Å². The van der Waals surface area contributed by atoms with Crippen LogP contribution < -0.4 is 0 Å². The van der Waals surface area contributed by atoms with E-state index in [0.717, 1.165) is 6.42 Å². The molecule has 1 aliphatic carbocycles. The van der Waals surface area contributed by atoms with E-state index in [4.69, 9.17) is 9.47 Å². The Morgan fingerprint density at radius 3 is 2.59 bits per heavy atom. The number of likely N-dealkylation sites (tertiary alicyclic amines) is 1. The molecule has 0 radical (unpaired) electrons. The average molecular weight is 442 g/mol. The Morgan fingerprint density at radius 2 is 1.96 bits per heavy atom. The van der Waals surface area contributed by atoms with E-state index in [-0.39, 0.29) is 17.5 Å². The summed E-state index contributed by atoms with van der Waals surface area (Å²) in [4.78, 5) is 38.4. The highest BCUT2D eigenvalue weighted by molar-refractivity contribution is 9.10. The first-order chi connectivity index (χ1) is 12.6. The van der Waals surface area contributed by atoms with Crippen LogP contribution in [-0.4, -0.2) is 47.0 Å². The van der Waals surface area contributed by atoms with Crippen molar-refractivity contribution in [2.75, 3.05) is 6.61 Å². The number of benzene rings is 1. The molecule has 1 aromatic rings. The van der Waals surface area contributed by atoms with Crippen LogP contribution in [0.5, 0.6) is 0 Å².